The second-order valence-corrected chi connectivity index (χ2v) is 6.93. The van der Waals surface area contributed by atoms with Crippen molar-refractivity contribution in [2.24, 2.45) is 5.92 Å². The van der Waals surface area contributed by atoms with Gasteiger partial charge in [-0.05, 0) is 32.6 Å². The summed E-state index contributed by atoms with van der Waals surface area (Å²) in [4.78, 5) is 30.6. The minimum Gasteiger partial charge on any atom is -0.450 e. The van der Waals surface area contributed by atoms with E-state index in [1.165, 1.54) is 6.42 Å². The normalized spacial score (nSPS) is 26.7. The third-order valence-electron chi connectivity index (χ3n) is 5.50. The first-order valence-electron chi connectivity index (χ1n) is 9.13. The number of likely N-dealkylation sites (tertiary alicyclic amines) is 1. The van der Waals surface area contributed by atoms with E-state index in [-0.39, 0.29) is 6.09 Å². The minimum atomic E-state index is -0.188. The van der Waals surface area contributed by atoms with E-state index in [9.17, 15) is 9.59 Å². The number of rotatable bonds is 3. The SMILES string of the molecule is CCOC(=O)N1CC[C@@H](N2CCCN(C(=O)C3CCC3)CC2)C1. The van der Waals surface area contributed by atoms with E-state index in [1.54, 1.807) is 0 Å². The largest absolute Gasteiger partial charge is 0.450 e. The zero-order valence-electron chi connectivity index (χ0n) is 14.2. The Bertz CT molecular complexity index is 439. The third kappa shape index (κ3) is 3.79. The average molecular weight is 323 g/mol. The van der Waals surface area contributed by atoms with Gasteiger partial charge < -0.3 is 14.5 Å². The van der Waals surface area contributed by atoms with Crippen LogP contribution in [-0.2, 0) is 9.53 Å². The van der Waals surface area contributed by atoms with Gasteiger partial charge in [-0.15, -0.1) is 0 Å². The predicted molar refractivity (Wildman–Crippen MR) is 87.1 cm³/mol. The highest BCUT2D eigenvalue weighted by Gasteiger charge is 2.34. The molecule has 1 aliphatic carbocycles. The molecule has 2 heterocycles. The molecule has 130 valence electrons. The Labute approximate surface area is 138 Å². The molecule has 0 bridgehead atoms. The molecule has 23 heavy (non-hydrogen) atoms. The van der Waals surface area contributed by atoms with Gasteiger partial charge in [0, 0.05) is 51.2 Å². The molecule has 2 amide bonds. The summed E-state index contributed by atoms with van der Waals surface area (Å²) in [5, 5.41) is 0. The zero-order valence-corrected chi connectivity index (χ0v) is 14.2. The topological polar surface area (TPSA) is 53.1 Å². The van der Waals surface area contributed by atoms with Gasteiger partial charge in [0.05, 0.1) is 6.61 Å². The van der Waals surface area contributed by atoms with Crippen molar-refractivity contribution in [3.05, 3.63) is 0 Å². The predicted octanol–water partition coefficient (Wildman–Crippen LogP) is 1.55. The van der Waals surface area contributed by atoms with Crippen molar-refractivity contribution < 1.29 is 14.3 Å². The standard InChI is InChI=1S/C17H29N3O3/c1-2-23-17(22)20-10-7-15(13-20)18-8-4-9-19(12-11-18)16(21)14-5-3-6-14/h14-15H,2-13H2,1H3/t15-/m1/s1. The maximum absolute atomic E-state index is 12.4. The fourth-order valence-corrected chi connectivity index (χ4v) is 3.86. The van der Waals surface area contributed by atoms with Crippen LogP contribution < -0.4 is 0 Å². The lowest BCUT2D eigenvalue weighted by molar-refractivity contribution is -0.138. The van der Waals surface area contributed by atoms with Crippen molar-refractivity contribution in [2.75, 3.05) is 45.9 Å². The number of hydrogen-bond acceptors (Lipinski definition) is 4. The van der Waals surface area contributed by atoms with Gasteiger partial charge in [-0.1, -0.05) is 6.42 Å². The van der Waals surface area contributed by atoms with Gasteiger partial charge in [-0.2, -0.15) is 0 Å². The van der Waals surface area contributed by atoms with Crippen LogP contribution in [0.3, 0.4) is 0 Å². The second kappa shape index (κ2) is 7.51. The molecule has 0 spiro atoms. The number of hydrogen-bond donors (Lipinski definition) is 0. The Balaban J connectivity index is 1.48. The fraction of sp³-hybridized carbons (Fsp3) is 0.882. The van der Waals surface area contributed by atoms with Crippen molar-refractivity contribution in [1.29, 1.82) is 0 Å². The molecule has 1 atom stereocenters. The van der Waals surface area contributed by atoms with E-state index >= 15 is 0 Å². The van der Waals surface area contributed by atoms with Gasteiger partial charge in [0.2, 0.25) is 5.91 Å². The molecule has 0 N–H and O–H groups in total. The molecule has 0 radical (unpaired) electrons. The summed E-state index contributed by atoms with van der Waals surface area (Å²) in [7, 11) is 0. The van der Waals surface area contributed by atoms with Gasteiger partial charge in [0.15, 0.2) is 0 Å². The molecular weight excluding hydrogens is 294 g/mol. The van der Waals surface area contributed by atoms with Crippen molar-refractivity contribution in [3.63, 3.8) is 0 Å². The monoisotopic (exact) mass is 323 g/mol. The molecule has 6 nitrogen and oxygen atoms in total. The van der Waals surface area contributed by atoms with Crippen LogP contribution in [0.1, 0.15) is 39.0 Å². The highest BCUT2D eigenvalue weighted by molar-refractivity contribution is 5.79. The third-order valence-corrected chi connectivity index (χ3v) is 5.50. The molecule has 1 saturated carbocycles. The van der Waals surface area contributed by atoms with E-state index in [4.69, 9.17) is 4.74 Å². The van der Waals surface area contributed by atoms with E-state index in [0.717, 1.165) is 65.0 Å². The lowest BCUT2D eigenvalue weighted by Crippen LogP contribution is -2.43. The maximum atomic E-state index is 12.4. The lowest BCUT2D eigenvalue weighted by atomic mass is 9.84. The molecule has 6 heteroatoms. The summed E-state index contributed by atoms with van der Waals surface area (Å²) in [6.07, 6.45) is 5.23. The summed E-state index contributed by atoms with van der Waals surface area (Å²) in [6.45, 7) is 7.50. The van der Waals surface area contributed by atoms with Crippen molar-refractivity contribution >= 4 is 12.0 Å². The maximum Gasteiger partial charge on any atom is 0.409 e. The van der Waals surface area contributed by atoms with E-state index in [1.807, 2.05) is 11.8 Å². The first-order chi connectivity index (χ1) is 11.2. The molecule has 0 unspecified atom stereocenters. The molecule has 3 fully saturated rings. The number of amides is 2. The lowest BCUT2D eigenvalue weighted by Gasteiger charge is -2.31. The fourth-order valence-electron chi connectivity index (χ4n) is 3.86. The Morgan fingerprint density at radius 1 is 0.957 bits per heavy atom. The molecule has 2 saturated heterocycles. The number of carbonyl (C=O) groups is 2. The Morgan fingerprint density at radius 2 is 1.78 bits per heavy atom. The molecule has 0 aromatic heterocycles. The minimum absolute atomic E-state index is 0.188. The summed E-state index contributed by atoms with van der Waals surface area (Å²) < 4.78 is 5.10. The Kier molecular flexibility index (Phi) is 5.41. The molecule has 3 aliphatic rings. The zero-order chi connectivity index (χ0) is 16.2. The molecule has 3 rings (SSSR count). The summed E-state index contributed by atoms with van der Waals surface area (Å²) in [5.74, 6) is 0.671. The van der Waals surface area contributed by atoms with Crippen LogP contribution in [0.2, 0.25) is 0 Å². The van der Waals surface area contributed by atoms with Crippen LogP contribution >= 0.6 is 0 Å². The van der Waals surface area contributed by atoms with Crippen molar-refractivity contribution in [1.82, 2.24) is 14.7 Å². The molecule has 2 aliphatic heterocycles. The van der Waals surface area contributed by atoms with Gasteiger partial charge in [-0.3, -0.25) is 9.69 Å². The Morgan fingerprint density at radius 3 is 2.48 bits per heavy atom. The van der Waals surface area contributed by atoms with Gasteiger partial charge in [0.25, 0.3) is 0 Å². The highest BCUT2D eigenvalue weighted by atomic mass is 16.6. The average Bonchev–Trinajstić information content (AvgIpc) is 2.84. The van der Waals surface area contributed by atoms with Crippen LogP contribution in [0.4, 0.5) is 4.79 Å². The van der Waals surface area contributed by atoms with Gasteiger partial charge in [-0.25, -0.2) is 4.79 Å². The Hall–Kier alpha value is -1.30. The van der Waals surface area contributed by atoms with Gasteiger partial charge in [0.1, 0.15) is 0 Å². The van der Waals surface area contributed by atoms with Crippen LogP contribution in [0, 0.1) is 5.92 Å². The van der Waals surface area contributed by atoms with E-state index in [0.29, 0.717) is 24.5 Å². The molecule has 0 aromatic carbocycles. The van der Waals surface area contributed by atoms with E-state index in [2.05, 4.69) is 9.80 Å². The van der Waals surface area contributed by atoms with Crippen molar-refractivity contribution in [3.8, 4) is 0 Å². The summed E-state index contributed by atoms with van der Waals surface area (Å²) in [5.41, 5.74) is 0. The van der Waals surface area contributed by atoms with Crippen LogP contribution in [0.5, 0.6) is 0 Å². The number of nitrogens with zero attached hydrogens (tertiary/aromatic N) is 3. The molecule has 0 aromatic rings. The first-order valence-corrected chi connectivity index (χ1v) is 9.13. The van der Waals surface area contributed by atoms with Crippen LogP contribution in [0.15, 0.2) is 0 Å². The highest BCUT2D eigenvalue weighted by Crippen LogP contribution is 2.29. The summed E-state index contributed by atoms with van der Waals surface area (Å²) in [6, 6.07) is 0.415. The smallest absolute Gasteiger partial charge is 0.409 e. The van der Waals surface area contributed by atoms with Crippen LogP contribution in [-0.4, -0.2) is 78.6 Å². The quantitative estimate of drug-likeness (QED) is 0.791. The number of ether oxygens (including phenoxy) is 1. The molecular formula is C17H29N3O3. The van der Waals surface area contributed by atoms with Gasteiger partial charge >= 0.3 is 6.09 Å². The second-order valence-electron chi connectivity index (χ2n) is 6.93. The van der Waals surface area contributed by atoms with Crippen molar-refractivity contribution in [2.45, 2.75) is 45.1 Å². The number of carbonyl (C=O) groups excluding carboxylic acids is 2. The van der Waals surface area contributed by atoms with E-state index < -0.39 is 0 Å². The van der Waals surface area contributed by atoms with Crippen LogP contribution in [0.25, 0.3) is 0 Å². The summed E-state index contributed by atoms with van der Waals surface area (Å²) >= 11 is 0. The first kappa shape index (κ1) is 16.6.